The van der Waals surface area contributed by atoms with Crippen molar-refractivity contribution in [3.63, 3.8) is 0 Å². The van der Waals surface area contributed by atoms with E-state index in [9.17, 15) is 13.2 Å². The van der Waals surface area contributed by atoms with Gasteiger partial charge in [0.2, 0.25) is 0 Å². The highest BCUT2D eigenvalue weighted by Gasteiger charge is 2.37. The van der Waals surface area contributed by atoms with Crippen LogP contribution in [-0.2, 0) is 0 Å². The molecular formula is C8H7BrF3N. The number of aromatic nitrogens is 1. The summed E-state index contributed by atoms with van der Waals surface area (Å²) in [5.74, 6) is -1.46. The van der Waals surface area contributed by atoms with Crippen molar-refractivity contribution in [3.05, 3.63) is 28.5 Å². The Hall–Kier alpha value is -0.580. The molecule has 0 amide bonds. The number of alkyl halides is 3. The molecule has 0 N–H and O–H groups in total. The van der Waals surface area contributed by atoms with E-state index >= 15 is 0 Å². The summed E-state index contributed by atoms with van der Waals surface area (Å²) in [5, 5.41) is 0. The fourth-order valence-corrected chi connectivity index (χ4v) is 1.07. The van der Waals surface area contributed by atoms with Gasteiger partial charge in [0.1, 0.15) is 4.60 Å². The predicted octanol–water partition coefficient (Wildman–Crippen LogP) is 3.51. The number of rotatable bonds is 1. The number of pyridine rings is 1. The zero-order chi connectivity index (χ0) is 10.1. The molecule has 0 saturated heterocycles. The minimum absolute atomic E-state index is 0.177. The van der Waals surface area contributed by atoms with Crippen molar-refractivity contribution < 1.29 is 13.2 Å². The molecule has 1 nitrogen and oxygen atoms in total. The lowest BCUT2D eigenvalue weighted by atomic mass is 10.0. The Balaban J connectivity index is 2.90. The number of nitrogens with zero attached hydrogens (tertiary/aromatic N) is 1. The Kier molecular flexibility index (Phi) is 2.95. The zero-order valence-electron chi connectivity index (χ0n) is 6.77. The van der Waals surface area contributed by atoms with Gasteiger partial charge in [0, 0.05) is 6.20 Å². The zero-order valence-corrected chi connectivity index (χ0v) is 8.35. The molecule has 0 aliphatic carbocycles. The molecule has 0 saturated carbocycles. The van der Waals surface area contributed by atoms with Crippen molar-refractivity contribution in [2.24, 2.45) is 0 Å². The molecule has 5 heteroatoms. The summed E-state index contributed by atoms with van der Waals surface area (Å²) < 4.78 is 37.1. The molecule has 1 aromatic rings. The van der Waals surface area contributed by atoms with Crippen LogP contribution in [-0.4, -0.2) is 11.2 Å². The van der Waals surface area contributed by atoms with Gasteiger partial charge in [-0.05, 0) is 34.5 Å². The summed E-state index contributed by atoms with van der Waals surface area (Å²) in [6, 6.07) is 2.91. The second-order valence-electron chi connectivity index (χ2n) is 2.68. The molecule has 0 spiro atoms. The van der Waals surface area contributed by atoms with Crippen molar-refractivity contribution in [2.45, 2.75) is 19.0 Å². The third-order valence-electron chi connectivity index (χ3n) is 1.74. The van der Waals surface area contributed by atoms with E-state index < -0.39 is 12.1 Å². The van der Waals surface area contributed by atoms with E-state index in [1.54, 1.807) is 0 Å². The molecule has 1 rings (SSSR count). The second-order valence-corrected chi connectivity index (χ2v) is 3.49. The average Bonchev–Trinajstić information content (AvgIpc) is 2.03. The molecule has 0 radical (unpaired) electrons. The van der Waals surface area contributed by atoms with Crippen LogP contribution in [0, 0.1) is 0 Å². The van der Waals surface area contributed by atoms with Crippen LogP contribution in [0.1, 0.15) is 18.4 Å². The van der Waals surface area contributed by atoms with E-state index in [4.69, 9.17) is 0 Å². The average molecular weight is 254 g/mol. The van der Waals surface area contributed by atoms with Gasteiger partial charge in [-0.2, -0.15) is 13.2 Å². The van der Waals surface area contributed by atoms with Gasteiger partial charge in [-0.25, -0.2) is 4.98 Å². The van der Waals surface area contributed by atoms with Gasteiger partial charge in [0.25, 0.3) is 0 Å². The maximum Gasteiger partial charge on any atom is 0.395 e. The third-order valence-corrected chi connectivity index (χ3v) is 2.21. The molecule has 1 atom stereocenters. The lowest BCUT2D eigenvalue weighted by Gasteiger charge is -2.15. The van der Waals surface area contributed by atoms with Crippen LogP contribution >= 0.6 is 15.9 Å². The van der Waals surface area contributed by atoms with E-state index in [1.165, 1.54) is 18.3 Å². The van der Waals surface area contributed by atoms with E-state index in [-0.39, 0.29) is 5.56 Å². The first-order valence-corrected chi connectivity index (χ1v) is 4.38. The van der Waals surface area contributed by atoms with Gasteiger partial charge in [-0.15, -0.1) is 0 Å². The summed E-state index contributed by atoms with van der Waals surface area (Å²) in [4.78, 5) is 3.73. The number of hydrogen-bond donors (Lipinski definition) is 0. The predicted molar refractivity (Wildman–Crippen MR) is 46.4 cm³/mol. The van der Waals surface area contributed by atoms with Gasteiger partial charge >= 0.3 is 6.18 Å². The van der Waals surface area contributed by atoms with Gasteiger partial charge in [0.05, 0.1) is 5.92 Å². The highest BCUT2D eigenvalue weighted by Crippen LogP contribution is 2.33. The quantitative estimate of drug-likeness (QED) is 0.699. The van der Waals surface area contributed by atoms with E-state index in [0.29, 0.717) is 4.60 Å². The summed E-state index contributed by atoms with van der Waals surface area (Å²) in [6.45, 7) is 1.12. The van der Waals surface area contributed by atoms with Crippen molar-refractivity contribution >= 4 is 15.9 Å². The van der Waals surface area contributed by atoms with Crippen molar-refractivity contribution in [2.75, 3.05) is 0 Å². The van der Waals surface area contributed by atoms with Crippen LogP contribution in [0.3, 0.4) is 0 Å². The maximum atomic E-state index is 12.2. The molecule has 1 heterocycles. The molecule has 0 fully saturated rings. The van der Waals surface area contributed by atoms with E-state index in [1.807, 2.05) is 0 Å². The van der Waals surface area contributed by atoms with Crippen molar-refractivity contribution in [1.29, 1.82) is 0 Å². The summed E-state index contributed by atoms with van der Waals surface area (Å²) in [7, 11) is 0. The summed E-state index contributed by atoms with van der Waals surface area (Å²) in [6.07, 6.45) is -2.97. The topological polar surface area (TPSA) is 12.9 Å². The fraction of sp³-hybridized carbons (Fsp3) is 0.375. The molecule has 0 bridgehead atoms. The van der Waals surface area contributed by atoms with Crippen LogP contribution in [0.15, 0.2) is 22.9 Å². The Labute approximate surface area is 82.1 Å². The Morgan fingerprint density at radius 3 is 2.38 bits per heavy atom. The summed E-state index contributed by atoms with van der Waals surface area (Å²) >= 11 is 3.05. The Bertz CT molecular complexity index is 280. The van der Waals surface area contributed by atoms with Crippen molar-refractivity contribution in [3.8, 4) is 0 Å². The van der Waals surface area contributed by atoms with Gasteiger partial charge in [0.15, 0.2) is 0 Å². The van der Waals surface area contributed by atoms with Gasteiger partial charge < -0.3 is 0 Å². The standard InChI is InChI=1S/C8H7BrF3N/c1-5(8(10,11)12)6-2-3-7(9)13-4-6/h2-5H,1H3/t5-/m1/s1. The van der Waals surface area contributed by atoms with Crippen LogP contribution in [0.4, 0.5) is 13.2 Å². The Morgan fingerprint density at radius 2 is 2.00 bits per heavy atom. The smallest absolute Gasteiger partial charge is 0.249 e. The normalized spacial score (nSPS) is 14.2. The SMILES string of the molecule is C[C@H](c1ccc(Br)nc1)C(F)(F)F. The number of halogens is 4. The van der Waals surface area contributed by atoms with E-state index in [2.05, 4.69) is 20.9 Å². The molecule has 0 aliphatic rings. The first-order valence-electron chi connectivity index (χ1n) is 3.59. The lowest BCUT2D eigenvalue weighted by molar-refractivity contribution is -0.146. The second kappa shape index (κ2) is 3.65. The molecule has 0 aromatic carbocycles. The van der Waals surface area contributed by atoms with Crippen LogP contribution in [0.25, 0.3) is 0 Å². The van der Waals surface area contributed by atoms with E-state index in [0.717, 1.165) is 6.92 Å². The minimum Gasteiger partial charge on any atom is -0.249 e. The monoisotopic (exact) mass is 253 g/mol. The molecule has 0 unspecified atom stereocenters. The highest BCUT2D eigenvalue weighted by atomic mass is 79.9. The molecular weight excluding hydrogens is 247 g/mol. The Morgan fingerprint density at radius 1 is 1.38 bits per heavy atom. The first kappa shape index (κ1) is 10.5. The number of hydrogen-bond acceptors (Lipinski definition) is 1. The molecule has 72 valence electrons. The molecule has 13 heavy (non-hydrogen) atoms. The minimum atomic E-state index is -4.20. The van der Waals surface area contributed by atoms with Gasteiger partial charge in [-0.3, -0.25) is 0 Å². The van der Waals surface area contributed by atoms with Crippen LogP contribution in [0.2, 0.25) is 0 Å². The van der Waals surface area contributed by atoms with Crippen LogP contribution < -0.4 is 0 Å². The first-order chi connectivity index (χ1) is 5.91. The largest absolute Gasteiger partial charge is 0.395 e. The maximum absolute atomic E-state index is 12.2. The van der Waals surface area contributed by atoms with Crippen LogP contribution in [0.5, 0.6) is 0 Å². The highest BCUT2D eigenvalue weighted by molar-refractivity contribution is 9.10. The molecule has 1 aromatic heterocycles. The molecule has 0 aliphatic heterocycles. The lowest BCUT2D eigenvalue weighted by Crippen LogP contribution is -2.17. The third kappa shape index (κ3) is 2.69. The van der Waals surface area contributed by atoms with Crippen molar-refractivity contribution in [1.82, 2.24) is 4.98 Å². The van der Waals surface area contributed by atoms with Gasteiger partial charge in [-0.1, -0.05) is 6.07 Å². The summed E-state index contributed by atoms with van der Waals surface area (Å²) in [5.41, 5.74) is 0.177. The fourth-order valence-electron chi connectivity index (χ4n) is 0.832.